The second-order valence-corrected chi connectivity index (χ2v) is 3.77. The highest BCUT2D eigenvalue weighted by Crippen LogP contribution is 2.17. The first-order valence-electron chi connectivity index (χ1n) is 4.82. The van der Waals surface area contributed by atoms with Crippen LogP contribution in [0.1, 0.15) is 18.0 Å². The van der Waals surface area contributed by atoms with Gasteiger partial charge in [-0.1, -0.05) is 6.07 Å². The predicted molar refractivity (Wildman–Crippen MR) is 56.6 cm³/mol. The summed E-state index contributed by atoms with van der Waals surface area (Å²) in [5.74, 6) is -2.03. The van der Waals surface area contributed by atoms with Gasteiger partial charge in [-0.25, -0.2) is 8.78 Å². The number of amides is 1. The molecule has 0 aromatic heterocycles. The fourth-order valence-corrected chi connectivity index (χ4v) is 1.23. The molecule has 0 fully saturated rings. The van der Waals surface area contributed by atoms with E-state index in [0.29, 0.717) is 5.56 Å². The predicted octanol–water partition coefficient (Wildman–Crippen LogP) is 1.44. The minimum Gasteiger partial charge on any atom is -0.349 e. The van der Waals surface area contributed by atoms with Gasteiger partial charge in [-0.05, 0) is 17.7 Å². The van der Waals surface area contributed by atoms with Gasteiger partial charge in [0.15, 0.2) is 11.6 Å². The molecular formula is C11H14F2N2O. The zero-order valence-corrected chi connectivity index (χ0v) is 9.21. The first-order valence-corrected chi connectivity index (χ1v) is 4.82. The Balaban J connectivity index is 2.77. The molecule has 0 radical (unpaired) electrons. The monoisotopic (exact) mass is 228 g/mol. The molecule has 0 aliphatic rings. The van der Waals surface area contributed by atoms with Crippen molar-refractivity contribution in [2.24, 2.45) is 5.73 Å². The molecule has 1 unspecified atom stereocenters. The third-order valence-electron chi connectivity index (χ3n) is 2.27. The number of nitrogens with zero attached hydrogens (tertiary/aromatic N) is 1. The Hall–Kier alpha value is -1.49. The Kier molecular flexibility index (Phi) is 3.95. The highest BCUT2D eigenvalue weighted by Gasteiger charge is 2.14. The van der Waals surface area contributed by atoms with Crippen molar-refractivity contribution in [1.29, 1.82) is 0 Å². The molecule has 88 valence electrons. The minimum atomic E-state index is -0.953. The average molecular weight is 228 g/mol. The molecular weight excluding hydrogens is 214 g/mol. The lowest BCUT2D eigenvalue weighted by atomic mass is 10.0. The maximum Gasteiger partial charge on any atom is 0.223 e. The van der Waals surface area contributed by atoms with Crippen molar-refractivity contribution in [2.45, 2.75) is 12.5 Å². The number of hydrogen-bond acceptors (Lipinski definition) is 2. The van der Waals surface area contributed by atoms with E-state index in [1.807, 2.05) is 0 Å². The molecule has 0 bridgehead atoms. The molecule has 3 nitrogen and oxygen atoms in total. The minimum absolute atomic E-state index is 0.0675. The van der Waals surface area contributed by atoms with Crippen LogP contribution in [0.15, 0.2) is 18.2 Å². The topological polar surface area (TPSA) is 46.3 Å². The number of carbonyl (C=O) groups is 1. The summed E-state index contributed by atoms with van der Waals surface area (Å²) in [6.45, 7) is 0. The molecule has 1 aromatic rings. The van der Waals surface area contributed by atoms with Gasteiger partial charge in [0.25, 0.3) is 0 Å². The highest BCUT2D eigenvalue weighted by molar-refractivity contribution is 5.76. The Bertz CT molecular complexity index is 394. The maximum absolute atomic E-state index is 12.9. The Morgan fingerprint density at radius 2 is 2.00 bits per heavy atom. The van der Waals surface area contributed by atoms with Crippen LogP contribution in [-0.2, 0) is 4.79 Å². The van der Waals surface area contributed by atoms with Gasteiger partial charge < -0.3 is 10.6 Å². The van der Waals surface area contributed by atoms with Crippen LogP contribution in [0, 0.1) is 11.6 Å². The molecule has 0 aliphatic carbocycles. The smallest absolute Gasteiger partial charge is 0.223 e. The molecule has 1 amide bonds. The van der Waals surface area contributed by atoms with Gasteiger partial charge in [0.05, 0.1) is 0 Å². The van der Waals surface area contributed by atoms with Crippen LogP contribution < -0.4 is 5.73 Å². The first-order chi connectivity index (χ1) is 7.41. The number of hydrogen-bond donors (Lipinski definition) is 1. The van der Waals surface area contributed by atoms with Crippen molar-refractivity contribution in [3.8, 4) is 0 Å². The highest BCUT2D eigenvalue weighted by atomic mass is 19.2. The standard InChI is InChI=1S/C11H14F2N2O/c1-15(2)11(16)6-10(14)7-3-4-8(12)9(13)5-7/h3-5,10H,6,14H2,1-2H3. The molecule has 0 heterocycles. The molecule has 2 N–H and O–H groups in total. The SMILES string of the molecule is CN(C)C(=O)CC(N)c1ccc(F)c(F)c1. The molecule has 0 aliphatic heterocycles. The summed E-state index contributed by atoms with van der Waals surface area (Å²) in [7, 11) is 3.22. The molecule has 1 atom stereocenters. The summed E-state index contributed by atoms with van der Waals surface area (Å²) < 4.78 is 25.6. The van der Waals surface area contributed by atoms with E-state index >= 15 is 0 Å². The van der Waals surface area contributed by atoms with Crippen LogP contribution in [-0.4, -0.2) is 24.9 Å². The van der Waals surface area contributed by atoms with Crippen LogP contribution in [0.25, 0.3) is 0 Å². The summed E-state index contributed by atoms with van der Waals surface area (Å²) >= 11 is 0. The number of halogens is 2. The van der Waals surface area contributed by atoms with Crippen molar-refractivity contribution < 1.29 is 13.6 Å². The van der Waals surface area contributed by atoms with Crippen LogP contribution in [0.5, 0.6) is 0 Å². The van der Waals surface area contributed by atoms with E-state index in [9.17, 15) is 13.6 Å². The van der Waals surface area contributed by atoms with E-state index in [1.165, 1.54) is 11.0 Å². The van der Waals surface area contributed by atoms with Gasteiger partial charge >= 0.3 is 0 Å². The van der Waals surface area contributed by atoms with Crippen molar-refractivity contribution in [3.63, 3.8) is 0 Å². The van der Waals surface area contributed by atoms with E-state index < -0.39 is 17.7 Å². The van der Waals surface area contributed by atoms with Crippen LogP contribution in [0.2, 0.25) is 0 Å². The van der Waals surface area contributed by atoms with Gasteiger partial charge in [0, 0.05) is 26.6 Å². The molecule has 5 heteroatoms. The molecule has 16 heavy (non-hydrogen) atoms. The lowest BCUT2D eigenvalue weighted by molar-refractivity contribution is -0.129. The van der Waals surface area contributed by atoms with Crippen molar-refractivity contribution in [3.05, 3.63) is 35.4 Å². The van der Waals surface area contributed by atoms with Crippen molar-refractivity contribution >= 4 is 5.91 Å². The molecule has 1 aromatic carbocycles. The zero-order chi connectivity index (χ0) is 12.3. The van der Waals surface area contributed by atoms with E-state index in [4.69, 9.17) is 5.73 Å². The van der Waals surface area contributed by atoms with Gasteiger partial charge in [-0.15, -0.1) is 0 Å². The summed E-state index contributed by atoms with van der Waals surface area (Å²) in [4.78, 5) is 12.8. The fourth-order valence-electron chi connectivity index (χ4n) is 1.23. The molecule has 0 saturated carbocycles. The third kappa shape index (κ3) is 3.00. The normalized spacial score (nSPS) is 12.3. The van der Waals surface area contributed by atoms with Gasteiger partial charge in [0.1, 0.15) is 0 Å². The largest absolute Gasteiger partial charge is 0.349 e. The summed E-state index contributed by atoms with van der Waals surface area (Å²) in [6.07, 6.45) is 0.0675. The first kappa shape index (κ1) is 12.6. The van der Waals surface area contributed by atoms with Gasteiger partial charge in [0.2, 0.25) is 5.91 Å². The van der Waals surface area contributed by atoms with E-state index in [1.54, 1.807) is 14.1 Å². The number of nitrogens with two attached hydrogens (primary N) is 1. The molecule has 0 saturated heterocycles. The quantitative estimate of drug-likeness (QED) is 0.851. The summed E-state index contributed by atoms with van der Waals surface area (Å²) in [6, 6.07) is 2.78. The summed E-state index contributed by atoms with van der Waals surface area (Å²) in [5.41, 5.74) is 6.13. The van der Waals surface area contributed by atoms with Crippen LogP contribution in [0.4, 0.5) is 8.78 Å². The lowest BCUT2D eigenvalue weighted by Gasteiger charge is -2.15. The Morgan fingerprint density at radius 1 is 1.38 bits per heavy atom. The number of benzene rings is 1. The second-order valence-electron chi connectivity index (χ2n) is 3.77. The Labute approximate surface area is 92.8 Å². The van der Waals surface area contributed by atoms with Crippen molar-refractivity contribution in [1.82, 2.24) is 4.90 Å². The Morgan fingerprint density at radius 3 is 2.50 bits per heavy atom. The van der Waals surface area contributed by atoms with Crippen LogP contribution >= 0.6 is 0 Å². The van der Waals surface area contributed by atoms with E-state index in [0.717, 1.165) is 12.1 Å². The lowest BCUT2D eigenvalue weighted by Crippen LogP contribution is -2.26. The fraction of sp³-hybridized carbons (Fsp3) is 0.364. The number of carbonyl (C=O) groups excluding carboxylic acids is 1. The summed E-state index contributed by atoms with van der Waals surface area (Å²) in [5, 5.41) is 0. The van der Waals surface area contributed by atoms with Gasteiger partial charge in [-0.2, -0.15) is 0 Å². The molecule has 0 spiro atoms. The second kappa shape index (κ2) is 5.03. The third-order valence-corrected chi connectivity index (χ3v) is 2.27. The number of rotatable bonds is 3. The van der Waals surface area contributed by atoms with E-state index in [2.05, 4.69) is 0 Å². The molecule has 1 rings (SSSR count). The average Bonchev–Trinajstić information content (AvgIpc) is 2.21. The zero-order valence-electron chi connectivity index (χ0n) is 9.21. The van der Waals surface area contributed by atoms with Gasteiger partial charge in [-0.3, -0.25) is 4.79 Å². The van der Waals surface area contributed by atoms with Crippen LogP contribution in [0.3, 0.4) is 0 Å². The van der Waals surface area contributed by atoms with E-state index in [-0.39, 0.29) is 12.3 Å². The maximum atomic E-state index is 12.9. The van der Waals surface area contributed by atoms with Crippen molar-refractivity contribution in [2.75, 3.05) is 14.1 Å².